The Labute approximate surface area is 619 Å². The van der Waals surface area contributed by atoms with Crippen LogP contribution in [0.25, 0.3) is 0 Å². The molecule has 0 aromatic carbocycles. The van der Waals surface area contributed by atoms with Crippen LogP contribution in [0.2, 0.25) is 0 Å². The van der Waals surface area contributed by atoms with Gasteiger partial charge < -0.3 is 104 Å². The van der Waals surface area contributed by atoms with E-state index in [9.17, 15) is 90.4 Å². The van der Waals surface area contributed by atoms with Crippen molar-refractivity contribution in [2.75, 3.05) is 33.0 Å². The lowest BCUT2D eigenvalue weighted by atomic mass is 9.60. The zero-order chi connectivity index (χ0) is 79.4. The van der Waals surface area contributed by atoms with Crippen LogP contribution in [0.5, 0.6) is 0 Å². The SMILES string of the molecule is CC1=CC=CC2(C)C=C(COC3OC(CO)C(O)C(O)C3O)C(C)CC23OC(=O)C(=C(O)C=CC2(C)C=C(CO)C(C)CC24OC(=O)C(=C(O)C(C)=CC=CC2(C)C=C(COC5OC(CO)C(O)C(O)C5O)C(C)CC25OC(=O)C(=C(O)C=CC2(C)C=C(C=O)C(C)CC26OC(=O)C(=C1O)C6=O)C5=O)C4=O)C3=O. The average molecular weight is 1510 g/mol. The summed E-state index contributed by atoms with van der Waals surface area (Å²) in [5.74, 6) is -16.7. The highest BCUT2D eigenvalue weighted by Crippen LogP contribution is 2.59. The number of ketones is 4. The van der Waals surface area contributed by atoms with E-state index in [1.54, 1.807) is 27.7 Å². The Kier molecular flexibility index (Phi) is 21.5. The van der Waals surface area contributed by atoms with Crippen molar-refractivity contribution in [2.24, 2.45) is 45.3 Å². The Bertz CT molecular complexity index is 4330. The standard InChI is InChI=1S/C78H90O30/c1-35-13-11-17-71(7)27-43(33-101-69-59(91)57(89)55(87)47(31-81)103-69)39(5)23-75(71)61(93)49(65(97)105-75)46(84)16-20-74(10)26-42(30-80)38(4)22-78(74)64(96)52(68(100)108-78)54(86)36(2)14-12-18-72(8)28-44(34-102-70-60(92)58(90)56(88)48(32-82)104-70)40(6)24-76(72)62(94)50(66(98)106-76)45(83)15-19-73(9)25-41(29-79)37(3)21-77(73)63(95)51(53(35)85)67(99)107-77/h11-20,25-29,37-40,47-48,55-60,69-70,80-92H,21-24,30-34H2,1-10H3. The molecule has 582 valence electrons. The number of ether oxygens (including phenoxy) is 8. The number of fused-ring (bicyclic) bond motifs is 4. The molecule has 22 unspecified atom stereocenters. The van der Waals surface area contributed by atoms with Gasteiger partial charge in [0.15, 0.2) is 35.0 Å². The third kappa shape index (κ3) is 12.6. The lowest BCUT2D eigenvalue weighted by Gasteiger charge is -2.46. The number of aliphatic hydroxyl groups is 13. The number of carbonyl (C=O) groups is 9. The molecule has 0 amide bonds. The topological polar surface area (TPSA) is 490 Å². The second-order valence-corrected chi connectivity index (χ2v) is 30.9. The van der Waals surface area contributed by atoms with Crippen molar-refractivity contribution in [3.63, 3.8) is 0 Å². The largest absolute Gasteiger partial charge is 0.507 e. The molecule has 4 spiro atoms. The summed E-state index contributed by atoms with van der Waals surface area (Å²) >= 11 is 0. The molecule has 30 nitrogen and oxygen atoms in total. The van der Waals surface area contributed by atoms with Gasteiger partial charge in [0.2, 0.25) is 23.1 Å². The summed E-state index contributed by atoms with van der Waals surface area (Å²) in [7, 11) is 0. The second kappa shape index (κ2) is 28.9. The van der Waals surface area contributed by atoms with Crippen LogP contribution in [0.3, 0.4) is 0 Å². The normalized spacial score (nSPS) is 41.2. The van der Waals surface area contributed by atoms with Gasteiger partial charge in [-0.1, -0.05) is 101 Å². The van der Waals surface area contributed by atoms with Gasteiger partial charge in [0.1, 0.15) is 100 Å². The summed E-state index contributed by atoms with van der Waals surface area (Å²) in [5, 5.41) is 143. The number of hydrogen-bond donors (Lipinski definition) is 13. The molecule has 6 fully saturated rings. The van der Waals surface area contributed by atoms with Crippen LogP contribution in [0.4, 0.5) is 0 Å². The first kappa shape index (κ1) is 80.3. The van der Waals surface area contributed by atoms with Gasteiger partial charge in [0.25, 0.3) is 0 Å². The first-order valence-electron chi connectivity index (χ1n) is 35.3. The molecular formula is C78H90O30. The zero-order valence-electron chi connectivity index (χ0n) is 60.9. The summed E-state index contributed by atoms with van der Waals surface area (Å²) < 4.78 is 47.5. The van der Waals surface area contributed by atoms with Gasteiger partial charge in [-0.3, -0.25) is 24.0 Å². The Morgan fingerprint density at radius 2 is 0.750 bits per heavy atom. The molecule has 11 aliphatic rings. The number of aldehydes is 1. The van der Waals surface area contributed by atoms with Crippen LogP contribution >= 0.6 is 0 Å². The molecule has 30 heteroatoms. The molecule has 0 aromatic heterocycles. The molecule has 5 aliphatic carbocycles. The molecule has 0 aromatic rings. The fourth-order valence-electron chi connectivity index (χ4n) is 16.9. The number of aliphatic hydroxyl groups excluding tert-OH is 13. The summed E-state index contributed by atoms with van der Waals surface area (Å²) in [6.45, 7) is 11.7. The molecule has 11 rings (SSSR count). The fourth-order valence-corrected chi connectivity index (χ4v) is 16.9. The highest BCUT2D eigenvalue weighted by molar-refractivity contribution is 6.29. The van der Waals surface area contributed by atoms with E-state index in [1.165, 1.54) is 108 Å². The predicted molar refractivity (Wildman–Crippen MR) is 370 cm³/mol. The predicted octanol–water partition coefficient (Wildman–Crippen LogP) is 2.54. The van der Waals surface area contributed by atoms with Crippen molar-refractivity contribution in [2.45, 2.75) is 179 Å². The molecule has 8 bridgehead atoms. The van der Waals surface area contributed by atoms with E-state index in [0.29, 0.717) is 23.0 Å². The van der Waals surface area contributed by atoms with E-state index in [4.69, 9.17) is 37.9 Å². The van der Waals surface area contributed by atoms with Crippen molar-refractivity contribution in [1.29, 1.82) is 0 Å². The molecular weight excluding hydrogens is 1420 g/mol. The Morgan fingerprint density at radius 3 is 1.10 bits per heavy atom. The third-order valence-electron chi connectivity index (χ3n) is 23.8. The number of allylic oxidation sites excluding steroid dienone is 9. The monoisotopic (exact) mass is 1510 g/mol. The molecule has 0 saturated carbocycles. The molecule has 22 atom stereocenters. The minimum absolute atomic E-state index is 0.0906. The van der Waals surface area contributed by atoms with Crippen LogP contribution in [-0.2, 0) is 81.0 Å². The number of Topliss-reactive ketones (excluding diaryl/α,β-unsaturated/α-hetero) is 4. The third-order valence-corrected chi connectivity index (χ3v) is 23.8. The quantitative estimate of drug-likeness (QED) is 0.0491. The minimum atomic E-state index is -2.33. The average Bonchev–Trinajstić information content (AvgIpc) is 1.55. The van der Waals surface area contributed by atoms with Gasteiger partial charge in [-0.05, 0) is 111 Å². The number of hydrogen-bond acceptors (Lipinski definition) is 30. The summed E-state index contributed by atoms with van der Waals surface area (Å²) in [4.78, 5) is 132. The van der Waals surface area contributed by atoms with Gasteiger partial charge in [-0.15, -0.1) is 0 Å². The maximum atomic E-state index is 15.5. The van der Waals surface area contributed by atoms with E-state index >= 15 is 19.2 Å². The van der Waals surface area contributed by atoms with E-state index in [0.717, 1.165) is 18.2 Å². The van der Waals surface area contributed by atoms with Gasteiger partial charge >= 0.3 is 23.9 Å². The first-order valence-corrected chi connectivity index (χ1v) is 35.3. The maximum Gasteiger partial charge on any atom is 0.346 e. The van der Waals surface area contributed by atoms with Crippen molar-refractivity contribution in [3.05, 3.63) is 164 Å². The lowest BCUT2D eigenvalue weighted by Crippen LogP contribution is -2.59. The van der Waals surface area contributed by atoms with Gasteiger partial charge in [0, 0.05) is 25.7 Å². The highest BCUT2D eigenvalue weighted by atomic mass is 16.7. The van der Waals surface area contributed by atoms with Crippen LogP contribution in [-0.4, -0.2) is 237 Å². The van der Waals surface area contributed by atoms with Crippen molar-refractivity contribution < 1.29 is 147 Å². The van der Waals surface area contributed by atoms with E-state index < -0.39 is 261 Å². The summed E-state index contributed by atoms with van der Waals surface area (Å²) in [6.07, 6.45) is -0.316. The van der Waals surface area contributed by atoms with Gasteiger partial charge in [-0.2, -0.15) is 0 Å². The lowest BCUT2D eigenvalue weighted by molar-refractivity contribution is -0.299. The van der Waals surface area contributed by atoms with Crippen molar-refractivity contribution >= 4 is 53.3 Å². The van der Waals surface area contributed by atoms with Crippen LogP contribution in [0.1, 0.15) is 94.9 Å². The van der Waals surface area contributed by atoms with Crippen molar-refractivity contribution in [3.8, 4) is 0 Å². The van der Waals surface area contributed by atoms with Crippen LogP contribution in [0.15, 0.2) is 164 Å². The first-order chi connectivity index (χ1) is 50.6. The van der Waals surface area contributed by atoms with Gasteiger partial charge in [-0.25, -0.2) is 19.2 Å². The Balaban J connectivity index is 1.07. The smallest absolute Gasteiger partial charge is 0.346 e. The molecule has 6 saturated heterocycles. The van der Waals surface area contributed by atoms with Crippen LogP contribution in [0, 0.1) is 45.3 Å². The number of esters is 4. The molecule has 108 heavy (non-hydrogen) atoms. The van der Waals surface area contributed by atoms with Crippen LogP contribution < -0.4 is 0 Å². The Morgan fingerprint density at radius 1 is 0.435 bits per heavy atom. The van der Waals surface area contributed by atoms with E-state index in [2.05, 4.69) is 0 Å². The molecule has 0 radical (unpaired) electrons. The molecule has 13 N–H and O–H groups in total. The second-order valence-electron chi connectivity index (χ2n) is 30.9. The van der Waals surface area contributed by atoms with E-state index in [1.807, 2.05) is 0 Å². The molecule has 6 heterocycles. The fraction of sp³-hybridized carbons (Fsp3) is 0.526. The highest BCUT2D eigenvalue weighted by Gasteiger charge is 2.69. The summed E-state index contributed by atoms with van der Waals surface area (Å²) in [5.41, 5.74) is -19.5. The van der Waals surface area contributed by atoms with Gasteiger partial charge in [0.05, 0.1) is 54.7 Å². The number of carbonyl (C=O) groups excluding carboxylic acids is 9. The minimum Gasteiger partial charge on any atom is -0.507 e. The van der Waals surface area contributed by atoms with Crippen molar-refractivity contribution in [1.82, 2.24) is 0 Å². The zero-order valence-corrected chi connectivity index (χ0v) is 60.9. The molecule has 6 aliphatic heterocycles. The Hall–Kier alpha value is -8.73. The number of rotatable bonds is 10. The summed E-state index contributed by atoms with van der Waals surface area (Å²) in [6, 6.07) is 0. The maximum absolute atomic E-state index is 15.5. The van der Waals surface area contributed by atoms with E-state index in [-0.39, 0.29) is 36.0 Å².